The van der Waals surface area contributed by atoms with E-state index >= 15 is 0 Å². The molecular weight excluding hydrogens is 422 g/mol. The van der Waals surface area contributed by atoms with Crippen LogP contribution in [0.1, 0.15) is 20.7 Å². The minimum Gasteiger partial charge on any atom is -0.493 e. The molecule has 31 heavy (non-hydrogen) atoms. The van der Waals surface area contributed by atoms with E-state index in [2.05, 4.69) is 5.32 Å². The Labute approximate surface area is 185 Å². The predicted molar refractivity (Wildman–Crippen MR) is 116 cm³/mol. The van der Waals surface area contributed by atoms with Gasteiger partial charge in [-0.05, 0) is 30.3 Å². The summed E-state index contributed by atoms with van der Waals surface area (Å²) in [7, 11) is 4.52. The fourth-order valence-corrected chi connectivity index (χ4v) is 3.42. The number of nitrogens with one attached hydrogen (secondary N) is 1. The van der Waals surface area contributed by atoms with Crippen molar-refractivity contribution in [2.45, 2.75) is 4.90 Å². The first-order valence-electron chi connectivity index (χ1n) is 9.40. The highest BCUT2D eigenvalue weighted by Crippen LogP contribution is 2.28. The van der Waals surface area contributed by atoms with Crippen LogP contribution in [0.4, 0.5) is 0 Å². The zero-order valence-corrected chi connectivity index (χ0v) is 18.5. The highest BCUT2D eigenvalue weighted by atomic mass is 32.2. The van der Waals surface area contributed by atoms with E-state index < -0.39 is 12.6 Å². The van der Waals surface area contributed by atoms with Gasteiger partial charge >= 0.3 is 5.97 Å². The molecule has 0 unspecified atom stereocenters. The van der Waals surface area contributed by atoms with Crippen LogP contribution >= 0.6 is 11.8 Å². The molecule has 0 fully saturated rings. The second-order valence-corrected chi connectivity index (χ2v) is 7.21. The maximum Gasteiger partial charge on any atom is 0.339 e. The van der Waals surface area contributed by atoms with Crippen LogP contribution in [0.2, 0.25) is 0 Å². The summed E-state index contributed by atoms with van der Waals surface area (Å²) >= 11 is 1.21. The van der Waals surface area contributed by atoms with Gasteiger partial charge in [-0.25, -0.2) is 4.79 Å². The third kappa shape index (κ3) is 7.30. The molecule has 1 N–H and O–H groups in total. The van der Waals surface area contributed by atoms with Gasteiger partial charge in [-0.15, -0.1) is 11.8 Å². The Bertz CT molecular complexity index is 916. The molecule has 0 heterocycles. The van der Waals surface area contributed by atoms with E-state index in [1.807, 2.05) is 0 Å². The zero-order chi connectivity index (χ0) is 22.6. The highest BCUT2D eigenvalue weighted by molar-refractivity contribution is 8.00. The van der Waals surface area contributed by atoms with Crippen molar-refractivity contribution in [3.8, 4) is 11.5 Å². The number of ketones is 1. The van der Waals surface area contributed by atoms with Crippen LogP contribution in [-0.2, 0) is 14.3 Å². The summed E-state index contributed by atoms with van der Waals surface area (Å²) in [6.07, 6.45) is 0. The zero-order valence-electron chi connectivity index (χ0n) is 17.6. The van der Waals surface area contributed by atoms with Crippen LogP contribution in [-0.4, -0.2) is 64.5 Å². The van der Waals surface area contributed by atoms with Crippen molar-refractivity contribution < 1.29 is 33.3 Å². The molecule has 0 radical (unpaired) electrons. The average Bonchev–Trinajstić information content (AvgIpc) is 2.80. The summed E-state index contributed by atoms with van der Waals surface area (Å²) in [5, 5.41) is 2.71. The van der Waals surface area contributed by atoms with Crippen molar-refractivity contribution >= 4 is 29.4 Å². The minimum atomic E-state index is -0.642. The van der Waals surface area contributed by atoms with Gasteiger partial charge in [0.05, 0.1) is 32.1 Å². The van der Waals surface area contributed by atoms with E-state index in [-0.39, 0.29) is 23.0 Å². The van der Waals surface area contributed by atoms with Gasteiger partial charge in [0, 0.05) is 24.1 Å². The molecule has 0 aromatic heterocycles. The van der Waals surface area contributed by atoms with Crippen LogP contribution in [0.3, 0.4) is 0 Å². The third-order valence-electron chi connectivity index (χ3n) is 4.13. The van der Waals surface area contributed by atoms with Gasteiger partial charge in [-0.3, -0.25) is 9.59 Å². The monoisotopic (exact) mass is 447 g/mol. The molecule has 0 saturated carbocycles. The molecule has 166 valence electrons. The lowest BCUT2D eigenvalue weighted by Gasteiger charge is -2.11. The fraction of sp³-hybridized carbons (Fsp3) is 0.318. The number of carbonyl (C=O) groups excluding carboxylic acids is 3. The van der Waals surface area contributed by atoms with E-state index in [1.54, 1.807) is 43.5 Å². The first kappa shape index (κ1) is 24.2. The van der Waals surface area contributed by atoms with Crippen molar-refractivity contribution in [3.05, 3.63) is 53.6 Å². The maximum atomic E-state index is 12.5. The van der Waals surface area contributed by atoms with Gasteiger partial charge < -0.3 is 24.3 Å². The molecular formula is C22H25NO7S. The lowest BCUT2D eigenvalue weighted by Crippen LogP contribution is -2.28. The fourth-order valence-electron chi connectivity index (χ4n) is 2.55. The molecule has 0 aliphatic rings. The largest absolute Gasteiger partial charge is 0.493 e. The molecule has 0 aliphatic heterocycles. The first-order valence-corrected chi connectivity index (χ1v) is 10.4. The van der Waals surface area contributed by atoms with Crippen LogP contribution in [0, 0.1) is 0 Å². The number of Topliss-reactive ketones (excluding diaryl/α,β-unsaturated/α-hetero) is 1. The van der Waals surface area contributed by atoms with Gasteiger partial charge in [0.15, 0.2) is 23.9 Å². The number of rotatable bonds is 12. The second kappa shape index (κ2) is 12.6. The van der Waals surface area contributed by atoms with Crippen molar-refractivity contribution in [3.63, 3.8) is 0 Å². The van der Waals surface area contributed by atoms with Crippen molar-refractivity contribution in [1.29, 1.82) is 0 Å². The molecule has 2 aromatic carbocycles. The van der Waals surface area contributed by atoms with Gasteiger partial charge in [-0.2, -0.15) is 0 Å². The maximum absolute atomic E-state index is 12.5. The lowest BCUT2D eigenvalue weighted by atomic mass is 10.1. The highest BCUT2D eigenvalue weighted by Gasteiger charge is 2.17. The number of hydrogen-bond donors (Lipinski definition) is 1. The van der Waals surface area contributed by atoms with Gasteiger partial charge in [0.1, 0.15) is 0 Å². The van der Waals surface area contributed by atoms with Crippen LogP contribution in [0.15, 0.2) is 47.4 Å². The number of thioether (sulfide) groups is 1. The molecule has 2 rings (SSSR count). The Morgan fingerprint density at radius 1 is 0.968 bits per heavy atom. The summed E-state index contributed by atoms with van der Waals surface area (Å²) in [4.78, 5) is 37.4. The summed E-state index contributed by atoms with van der Waals surface area (Å²) in [6, 6.07) is 11.5. The van der Waals surface area contributed by atoms with Crippen LogP contribution < -0.4 is 14.8 Å². The van der Waals surface area contributed by atoms with Crippen molar-refractivity contribution in [2.24, 2.45) is 0 Å². The van der Waals surface area contributed by atoms with E-state index in [0.29, 0.717) is 35.1 Å². The lowest BCUT2D eigenvalue weighted by molar-refractivity contribution is -0.118. The average molecular weight is 448 g/mol. The summed E-state index contributed by atoms with van der Waals surface area (Å²) in [5.74, 6) is -0.153. The standard InChI is InChI=1S/C22H25NO7S/c1-27-11-10-23-21(25)14-31-20-7-5-4-6-16(20)22(26)30-13-17(24)15-8-9-18(28-2)19(12-15)29-3/h4-9,12H,10-11,13-14H2,1-3H3,(H,23,25). The Hall–Kier alpha value is -3.04. The van der Waals surface area contributed by atoms with E-state index in [9.17, 15) is 14.4 Å². The summed E-state index contributed by atoms with van der Waals surface area (Å²) in [5.41, 5.74) is 0.623. The molecule has 0 saturated heterocycles. The van der Waals surface area contributed by atoms with Crippen LogP contribution in [0.25, 0.3) is 0 Å². The number of esters is 1. The normalized spacial score (nSPS) is 10.3. The molecule has 0 atom stereocenters. The Balaban J connectivity index is 1.96. The molecule has 0 bridgehead atoms. The van der Waals surface area contributed by atoms with E-state index in [0.717, 1.165) is 0 Å². The number of benzene rings is 2. The SMILES string of the molecule is COCCNC(=O)CSc1ccccc1C(=O)OCC(=O)c1ccc(OC)c(OC)c1. The first-order chi connectivity index (χ1) is 15.0. The van der Waals surface area contributed by atoms with Crippen LogP contribution in [0.5, 0.6) is 11.5 Å². The minimum absolute atomic E-state index is 0.137. The molecule has 0 aliphatic carbocycles. The third-order valence-corrected chi connectivity index (χ3v) is 5.21. The van der Waals surface area contributed by atoms with Gasteiger partial charge in [0.2, 0.25) is 5.91 Å². The number of carbonyl (C=O) groups is 3. The molecule has 2 aromatic rings. The predicted octanol–water partition coefficient (Wildman–Crippen LogP) is 2.60. The van der Waals surface area contributed by atoms with E-state index in [1.165, 1.54) is 32.0 Å². The molecule has 0 spiro atoms. The quantitative estimate of drug-likeness (QED) is 0.229. The Kier molecular flexibility index (Phi) is 9.86. The number of ether oxygens (including phenoxy) is 4. The van der Waals surface area contributed by atoms with Crippen molar-refractivity contribution in [1.82, 2.24) is 5.32 Å². The smallest absolute Gasteiger partial charge is 0.339 e. The number of amides is 1. The Morgan fingerprint density at radius 3 is 2.42 bits per heavy atom. The molecule has 1 amide bonds. The van der Waals surface area contributed by atoms with E-state index in [4.69, 9.17) is 18.9 Å². The summed E-state index contributed by atoms with van der Waals surface area (Å²) in [6.45, 7) is 0.413. The number of hydrogen-bond acceptors (Lipinski definition) is 8. The summed E-state index contributed by atoms with van der Waals surface area (Å²) < 4.78 is 20.4. The Morgan fingerprint density at radius 2 is 1.71 bits per heavy atom. The van der Waals surface area contributed by atoms with Crippen molar-refractivity contribution in [2.75, 3.05) is 46.8 Å². The second-order valence-electron chi connectivity index (χ2n) is 6.20. The number of methoxy groups -OCH3 is 3. The topological polar surface area (TPSA) is 100 Å². The molecule has 8 nitrogen and oxygen atoms in total. The van der Waals surface area contributed by atoms with Gasteiger partial charge in [0.25, 0.3) is 0 Å². The van der Waals surface area contributed by atoms with Gasteiger partial charge in [-0.1, -0.05) is 12.1 Å². The molecule has 9 heteroatoms.